The summed E-state index contributed by atoms with van der Waals surface area (Å²) in [7, 11) is 0. The molecule has 6 nitrogen and oxygen atoms in total. The van der Waals surface area contributed by atoms with Crippen LogP contribution in [0.15, 0.2) is 34.3 Å². The number of halogens is 6. The Balaban J connectivity index is 1.99. The molecule has 2 aliphatic carbocycles. The van der Waals surface area contributed by atoms with E-state index in [0.717, 1.165) is 0 Å². The fourth-order valence-corrected chi connectivity index (χ4v) is 7.99. The highest BCUT2D eigenvalue weighted by molar-refractivity contribution is 6.66. The number of allylic oxidation sites excluding steroid dienone is 2. The van der Waals surface area contributed by atoms with E-state index in [1.807, 2.05) is 0 Å². The zero-order chi connectivity index (χ0) is 25.1. The van der Waals surface area contributed by atoms with E-state index in [1.165, 1.54) is 24.3 Å². The van der Waals surface area contributed by atoms with E-state index >= 15 is 0 Å². The molecule has 0 aromatic heterocycles. The van der Waals surface area contributed by atoms with Crippen LogP contribution in [0.2, 0.25) is 0 Å². The highest BCUT2D eigenvalue weighted by Crippen LogP contribution is 2.78. The number of carboxylic acids is 1. The van der Waals surface area contributed by atoms with Crippen molar-refractivity contribution in [2.24, 2.45) is 11.8 Å². The molecule has 1 fully saturated rings. The van der Waals surface area contributed by atoms with Crippen molar-refractivity contribution in [2.75, 3.05) is 0 Å². The number of hydrogen-bond donors (Lipinski definition) is 4. The predicted molar refractivity (Wildman–Crippen MR) is 130 cm³/mol. The molecule has 5 rings (SSSR count). The molecule has 4 unspecified atom stereocenters. The van der Waals surface area contributed by atoms with Gasteiger partial charge in [0.2, 0.25) is 5.75 Å². The molecule has 0 radical (unpaired) electrons. The third-order valence-electron chi connectivity index (χ3n) is 6.62. The highest BCUT2D eigenvalue weighted by Gasteiger charge is 2.84. The summed E-state index contributed by atoms with van der Waals surface area (Å²) in [6.45, 7) is 3.72. The number of benzene rings is 2. The van der Waals surface area contributed by atoms with Gasteiger partial charge in [0.25, 0.3) is 0 Å². The molecule has 1 aliphatic heterocycles. The third-order valence-corrected chi connectivity index (χ3v) is 10.9. The summed E-state index contributed by atoms with van der Waals surface area (Å²) in [5.41, 5.74) is 0.299. The maximum Gasteiger partial charge on any atom is 0.309 e. The molecule has 1 heterocycles. The minimum atomic E-state index is -2.19. The number of alkyl halides is 4. The standard InChI is InChI=1S/C22H12Cl6O6/c1-6-2-3-7-10(8-4-5-9(29)14(31)16(8)34-15(7)13(6)30)11-12(19(32)33)21(26)18(24)17(23)20(11,25)22(21,27)28/h2-5,11-12,29-31H,1H2,(H,32,33). The van der Waals surface area contributed by atoms with Crippen LogP contribution in [0.1, 0.15) is 5.56 Å². The first-order valence-corrected chi connectivity index (χ1v) is 11.8. The lowest BCUT2D eigenvalue weighted by Crippen LogP contribution is -2.45. The van der Waals surface area contributed by atoms with E-state index in [9.17, 15) is 25.2 Å². The van der Waals surface area contributed by atoms with E-state index in [4.69, 9.17) is 74.3 Å². The van der Waals surface area contributed by atoms with Crippen LogP contribution in [0.5, 0.6) is 28.7 Å². The molecule has 4 atom stereocenters. The van der Waals surface area contributed by atoms with E-state index in [-0.39, 0.29) is 48.9 Å². The SMILES string of the molecule is C=c1ccc2c(c1O)Oc1c(ccc(O)c1O)C=2C1C(C(=O)O)C2(Cl)C(Cl)=C(Cl)C1(Cl)C2(Cl)Cl. The normalized spacial score (nSPS) is 30.7. The maximum absolute atomic E-state index is 12.6. The van der Waals surface area contributed by atoms with Crippen molar-refractivity contribution in [3.8, 4) is 28.7 Å². The number of phenolic OH excluding ortho intramolecular Hbond substituents is 3. The minimum Gasteiger partial charge on any atom is -0.504 e. The van der Waals surface area contributed by atoms with E-state index in [0.29, 0.717) is 0 Å². The lowest BCUT2D eigenvalue weighted by molar-refractivity contribution is -0.143. The summed E-state index contributed by atoms with van der Waals surface area (Å²) in [6.07, 6.45) is 0. The average molecular weight is 585 g/mol. The summed E-state index contributed by atoms with van der Waals surface area (Å²) in [6, 6.07) is 5.56. The first-order chi connectivity index (χ1) is 15.7. The van der Waals surface area contributed by atoms with Crippen LogP contribution in [0.25, 0.3) is 12.2 Å². The Hall–Kier alpha value is -1.67. The number of hydrogen-bond acceptors (Lipinski definition) is 5. The monoisotopic (exact) mass is 582 g/mol. The van der Waals surface area contributed by atoms with Crippen LogP contribution >= 0.6 is 69.6 Å². The lowest BCUT2D eigenvalue weighted by atomic mass is 9.73. The quantitative estimate of drug-likeness (QED) is 0.302. The van der Waals surface area contributed by atoms with Gasteiger partial charge >= 0.3 is 5.97 Å². The number of aromatic hydroxyl groups is 3. The van der Waals surface area contributed by atoms with Gasteiger partial charge in [-0.05, 0) is 17.7 Å². The van der Waals surface area contributed by atoms with Crippen molar-refractivity contribution in [2.45, 2.75) is 14.1 Å². The van der Waals surface area contributed by atoms with Crippen molar-refractivity contribution in [1.82, 2.24) is 0 Å². The van der Waals surface area contributed by atoms with Gasteiger partial charge in [0, 0.05) is 21.9 Å². The molecule has 1 saturated carbocycles. The van der Waals surface area contributed by atoms with Crippen molar-refractivity contribution >= 4 is 87.7 Å². The Kier molecular flexibility index (Phi) is 5.08. The lowest BCUT2D eigenvalue weighted by Gasteiger charge is -2.38. The molecule has 0 saturated heterocycles. The Labute approximate surface area is 221 Å². The molecule has 4 N–H and O–H groups in total. The molecule has 0 amide bonds. The molecule has 178 valence electrons. The maximum atomic E-state index is 12.6. The Morgan fingerprint density at radius 2 is 1.53 bits per heavy atom. The molecule has 2 bridgehead atoms. The fourth-order valence-electron chi connectivity index (χ4n) is 5.05. The van der Waals surface area contributed by atoms with Gasteiger partial charge in [-0.25, -0.2) is 0 Å². The minimum absolute atomic E-state index is 0.146. The largest absolute Gasteiger partial charge is 0.504 e. The highest BCUT2D eigenvalue weighted by atomic mass is 35.5. The van der Waals surface area contributed by atoms with Gasteiger partial charge in [0.05, 0.1) is 16.0 Å². The number of rotatable bonds is 2. The summed E-state index contributed by atoms with van der Waals surface area (Å²) < 4.78 is 3.55. The number of fused-ring (bicyclic) bond motifs is 4. The molecule has 2 aromatic rings. The van der Waals surface area contributed by atoms with Crippen LogP contribution in [-0.4, -0.2) is 40.5 Å². The van der Waals surface area contributed by atoms with Gasteiger partial charge in [-0.1, -0.05) is 65.1 Å². The predicted octanol–water partition coefficient (Wildman–Crippen LogP) is 4.68. The van der Waals surface area contributed by atoms with Crippen LogP contribution in [0.3, 0.4) is 0 Å². The number of ether oxygens (including phenoxy) is 1. The fraction of sp³-hybridized carbons (Fsp3) is 0.227. The Morgan fingerprint density at radius 3 is 2.15 bits per heavy atom. The van der Waals surface area contributed by atoms with Crippen LogP contribution in [-0.2, 0) is 4.79 Å². The van der Waals surface area contributed by atoms with Crippen molar-refractivity contribution in [3.63, 3.8) is 0 Å². The van der Waals surface area contributed by atoms with Crippen molar-refractivity contribution in [3.05, 3.63) is 50.3 Å². The number of aliphatic carboxylic acids is 1. The Morgan fingerprint density at radius 1 is 0.912 bits per heavy atom. The first kappa shape index (κ1) is 24.0. The number of carbonyl (C=O) groups is 1. The van der Waals surface area contributed by atoms with Gasteiger partial charge in [0.1, 0.15) is 9.75 Å². The molecule has 34 heavy (non-hydrogen) atoms. The summed E-state index contributed by atoms with van der Waals surface area (Å²) in [5, 5.41) is 41.4. The molecular weight excluding hydrogens is 573 g/mol. The average Bonchev–Trinajstić information content (AvgIpc) is 2.98. The second-order valence-corrected chi connectivity index (χ2v) is 11.5. The third kappa shape index (κ3) is 2.49. The molecule has 0 spiro atoms. The van der Waals surface area contributed by atoms with Crippen molar-refractivity contribution < 1.29 is 30.0 Å². The summed E-state index contributed by atoms with van der Waals surface area (Å²) in [5.74, 6) is -6.35. The molecule has 3 aliphatic rings. The van der Waals surface area contributed by atoms with Gasteiger partial charge < -0.3 is 25.2 Å². The van der Waals surface area contributed by atoms with Crippen LogP contribution in [0.4, 0.5) is 0 Å². The first-order valence-electron chi connectivity index (χ1n) is 9.55. The summed E-state index contributed by atoms with van der Waals surface area (Å²) >= 11 is 39.9. The number of carboxylic acid groups (broad SMARTS) is 1. The molecular formula is C22H12Cl6O6. The van der Waals surface area contributed by atoms with Gasteiger partial charge in [-0.15, -0.1) is 23.2 Å². The topological polar surface area (TPSA) is 107 Å². The number of phenols is 3. The van der Waals surface area contributed by atoms with Crippen LogP contribution < -0.4 is 15.2 Å². The Bertz CT molecular complexity index is 1470. The van der Waals surface area contributed by atoms with Crippen LogP contribution in [0, 0.1) is 11.8 Å². The second kappa shape index (κ2) is 7.19. The molecule has 2 aromatic carbocycles. The molecule has 12 heteroatoms. The van der Waals surface area contributed by atoms with E-state index in [2.05, 4.69) is 6.58 Å². The van der Waals surface area contributed by atoms with Gasteiger partial charge in [-0.2, -0.15) is 0 Å². The summed E-state index contributed by atoms with van der Waals surface area (Å²) in [4.78, 5) is 8.47. The van der Waals surface area contributed by atoms with E-state index < -0.39 is 43.4 Å². The van der Waals surface area contributed by atoms with Gasteiger partial charge in [-0.3, -0.25) is 4.79 Å². The second-order valence-electron chi connectivity index (χ2n) is 8.20. The van der Waals surface area contributed by atoms with Gasteiger partial charge in [0.15, 0.2) is 27.3 Å². The zero-order valence-electron chi connectivity index (χ0n) is 16.5. The van der Waals surface area contributed by atoms with E-state index in [1.54, 1.807) is 0 Å². The smallest absolute Gasteiger partial charge is 0.309 e. The zero-order valence-corrected chi connectivity index (χ0v) is 21.1. The van der Waals surface area contributed by atoms with Crippen molar-refractivity contribution in [1.29, 1.82) is 0 Å².